The van der Waals surface area contributed by atoms with Crippen molar-refractivity contribution in [2.24, 2.45) is 0 Å². The quantitative estimate of drug-likeness (QED) is 0.117. The second kappa shape index (κ2) is 19.0. The number of thiol groups is 2. The molecule has 0 saturated carbocycles. The highest BCUT2D eigenvalue weighted by molar-refractivity contribution is 7.97. The molecule has 2 N–H and O–H groups in total. The van der Waals surface area contributed by atoms with Crippen LogP contribution in [-0.4, -0.2) is 89.2 Å². The minimum atomic E-state index is -1.08. The lowest BCUT2D eigenvalue weighted by Gasteiger charge is -2.29. The Labute approximate surface area is 241 Å². The minimum Gasteiger partial charge on any atom is -0.480 e. The molecule has 0 aliphatic heterocycles. The van der Waals surface area contributed by atoms with E-state index in [1.54, 1.807) is 41.5 Å². The average Bonchev–Trinajstić information content (AvgIpc) is 2.73. The summed E-state index contributed by atoms with van der Waals surface area (Å²) in [7, 11) is 0. The van der Waals surface area contributed by atoms with E-state index in [0.29, 0.717) is 11.5 Å². The Balaban J connectivity index is 0. The number of nitrogens with zero attached hydrogens (tertiary/aromatic N) is 2. The first-order chi connectivity index (χ1) is 16.9. The van der Waals surface area contributed by atoms with Gasteiger partial charge < -0.3 is 19.7 Å². The van der Waals surface area contributed by atoms with Gasteiger partial charge in [-0.2, -0.15) is 25.3 Å². The van der Waals surface area contributed by atoms with E-state index in [2.05, 4.69) is 25.3 Å². The van der Waals surface area contributed by atoms with Gasteiger partial charge in [-0.05, 0) is 78.3 Å². The molecule has 0 aromatic heterocycles. The van der Waals surface area contributed by atoms with Crippen molar-refractivity contribution in [1.29, 1.82) is 0 Å². The van der Waals surface area contributed by atoms with Crippen molar-refractivity contribution in [3.8, 4) is 0 Å². The fourth-order valence-corrected chi connectivity index (χ4v) is 4.98. The summed E-state index contributed by atoms with van der Waals surface area (Å²) in [6.45, 7) is 14.4. The Bertz CT molecular complexity index is 714. The number of carbonyl (C=O) groups is 4. The number of carbonyl (C=O) groups excluding carboxylic acids is 2. The minimum absolute atomic E-state index is 0.0469. The number of hydrogen-bond acceptors (Lipinski definition) is 10. The molecular weight excluding hydrogens is 561 g/mol. The normalized spacial score (nSPS) is 12.9. The molecule has 2 amide bonds. The molecule has 0 aliphatic carbocycles. The smallest absolute Gasteiger partial charge is 0.421 e. The highest BCUT2D eigenvalue weighted by atomic mass is 32.2. The van der Waals surface area contributed by atoms with Crippen LogP contribution in [0.25, 0.3) is 0 Å². The zero-order valence-corrected chi connectivity index (χ0v) is 26.5. The zero-order chi connectivity index (χ0) is 29.4. The maximum Gasteiger partial charge on any atom is 0.421 e. The van der Waals surface area contributed by atoms with E-state index in [1.807, 2.05) is 13.8 Å². The van der Waals surface area contributed by atoms with E-state index in [0.717, 1.165) is 35.5 Å². The largest absolute Gasteiger partial charge is 0.480 e. The van der Waals surface area contributed by atoms with Crippen LogP contribution in [0.1, 0.15) is 74.7 Å². The maximum absolute atomic E-state index is 12.0. The molecule has 2 atom stereocenters. The zero-order valence-electron chi connectivity index (χ0n) is 23.1. The van der Waals surface area contributed by atoms with E-state index < -0.39 is 47.4 Å². The third-order valence-electron chi connectivity index (χ3n) is 3.79. The lowest BCUT2D eigenvalue weighted by molar-refractivity contribution is -0.141. The van der Waals surface area contributed by atoms with Gasteiger partial charge in [0, 0.05) is 23.0 Å². The number of carboxylic acids is 2. The summed E-state index contributed by atoms with van der Waals surface area (Å²) in [6, 6.07) is -1.97. The molecule has 0 radical (unpaired) electrons. The molecule has 0 bridgehead atoms. The van der Waals surface area contributed by atoms with Crippen molar-refractivity contribution in [1.82, 2.24) is 8.61 Å². The molecule has 10 nitrogen and oxygen atoms in total. The highest BCUT2D eigenvalue weighted by Crippen LogP contribution is 2.23. The van der Waals surface area contributed by atoms with Crippen LogP contribution in [0.5, 0.6) is 0 Å². The van der Waals surface area contributed by atoms with Crippen LogP contribution in [-0.2, 0) is 19.1 Å². The monoisotopic (exact) mass is 604 g/mol. The second-order valence-corrected chi connectivity index (χ2v) is 12.6. The fraction of sp³-hybridized carbons (Fsp3) is 0.826. The Kier molecular flexibility index (Phi) is 19.5. The summed E-state index contributed by atoms with van der Waals surface area (Å²) >= 11 is 10.3. The van der Waals surface area contributed by atoms with Crippen molar-refractivity contribution in [2.45, 2.75) is 97.9 Å². The van der Waals surface area contributed by atoms with Crippen molar-refractivity contribution in [3.63, 3.8) is 0 Å². The molecule has 0 spiro atoms. The third-order valence-corrected chi connectivity index (χ3v) is 6.91. The first-order valence-corrected chi connectivity index (χ1v) is 15.1. The van der Waals surface area contributed by atoms with E-state index >= 15 is 0 Å². The second-order valence-electron chi connectivity index (χ2n) is 9.71. The standard InChI is InChI=1S/C12H23NO4S2.C11H21NO4S2/c1-5-6-7-19-13(9(8-18)10(14)15)11(16)17-12(2,3)4;1-5-6-18-12(8(7-17)9(13)14)10(15)16-11(2,3)4/h9,18H,5-8H2,1-4H3,(H,14,15);8,17H,5-7H2,1-4H3,(H,13,14)/t9-;8-/m00/s1. The first-order valence-electron chi connectivity index (χ1n) is 11.9. The summed E-state index contributed by atoms with van der Waals surface area (Å²) in [6.07, 6.45) is 1.46. The number of rotatable bonds is 13. The van der Waals surface area contributed by atoms with E-state index in [1.165, 1.54) is 16.3 Å². The molecule has 0 aromatic rings. The summed E-state index contributed by atoms with van der Waals surface area (Å²) in [5, 5.41) is 18.2. The number of aliphatic carboxylic acids is 2. The highest BCUT2D eigenvalue weighted by Gasteiger charge is 2.33. The molecule has 37 heavy (non-hydrogen) atoms. The number of amides is 2. The molecule has 218 valence electrons. The van der Waals surface area contributed by atoms with Crippen LogP contribution in [0, 0.1) is 0 Å². The number of hydrogen-bond donors (Lipinski definition) is 4. The van der Waals surface area contributed by atoms with Gasteiger partial charge >= 0.3 is 24.1 Å². The van der Waals surface area contributed by atoms with Gasteiger partial charge in [0.1, 0.15) is 11.2 Å². The summed E-state index contributed by atoms with van der Waals surface area (Å²) < 4.78 is 12.8. The first kappa shape index (κ1) is 38.0. The molecule has 0 unspecified atom stereocenters. The maximum atomic E-state index is 12.0. The lowest BCUT2D eigenvalue weighted by Crippen LogP contribution is -2.44. The number of carboxylic acid groups (broad SMARTS) is 2. The Morgan fingerprint density at radius 1 is 0.730 bits per heavy atom. The van der Waals surface area contributed by atoms with Crippen molar-refractivity contribution < 1.29 is 38.9 Å². The third kappa shape index (κ3) is 17.9. The predicted molar refractivity (Wildman–Crippen MR) is 157 cm³/mol. The van der Waals surface area contributed by atoms with Crippen LogP contribution in [0.2, 0.25) is 0 Å². The van der Waals surface area contributed by atoms with Crippen LogP contribution < -0.4 is 0 Å². The fourth-order valence-electron chi connectivity index (χ4n) is 2.16. The van der Waals surface area contributed by atoms with Crippen LogP contribution >= 0.6 is 49.2 Å². The van der Waals surface area contributed by atoms with Crippen molar-refractivity contribution in [2.75, 3.05) is 23.0 Å². The molecule has 0 rings (SSSR count). The number of ether oxygens (including phenoxy) is 2. The SMILES string of the molecule is CCCCSN(C(=O)OC(C)(C)C)[C@@H](CS)C(=O)O.CCCSN(C(=O)OC(C)(C)C)[C@@H](CS)C(=O)O. The van der Waals surface area contributed by atoms with Gasteiger partial charge in [-0.25, -0.2) is 27.8 Å². The van der Waals surface area contributed by atoms with E-state index in [-0.39, 0.29) is 11.5 Å². The van der Waals surface area contributed by atoms with E-state index in [4.69, 9.17) is 19.7 Å². The topological polar surface area (TPSA) is 134 Å². The predicted octanol–water partition coefficient (Wildman–Crippen LogP) is 5.72. The molecular formula is C23H44N2O8S4. The molecule has 0 aromatic carbocycles. The molecule has 0 heterocycles. The summed E-state index contributed by atoms with van der Waals surface area (Å²) in [5.74, 6) is -0.743. The van der Waals surface area contributed by atoms with Gasteiger partial charge in [0.2, 0.25) is 0 Å². The average molecular weight is 605 g/mol. The van der Waals surface area contributed by atoms with Gasteiger partial charge in [0.15, 0.2) is 12.1 Å². The molecule has 14 heteroatoms. The van der Waals surface area contributed by atoms with Crippen molar-refractivity contribution >= 4 is 73.3 Å². The lowest BCUT2D eigenvalue weighted by atomic mass is 10.2. The van der Waals surface area contributed by atoms with Gasteiger partial charge in [0.25, 0.3) is 0 Å². The number of unbranched alkanes of at least 4 members (excludes halogenated alkanes) is 1. The van der Waals surface area contributed by atoms with Gasteiger partial charge in [-0.1, -0.05) is 20.3 Å². The Morgan fingerprint density at radius 3 is 1.32 bits per heavy atom. The summed E-state index contributed by atoms with van der Waals surface area (Å²) in [5.41, 5.74) is -1.30. The Morgan fingerprint density at radius 2 is 1.08 bits per heavy atom. The van der Waals surface area contributed by atoms with E-state index in [9.17, 15) is 19.2 Å². The molecule has 0 aliphatic rings. The van der Waals surface area contributed by atoms with Crippen LogP contribution in [0.15, 0.2) is 0 Å². The molecule has 0 saturated heterocycles. The van der Waals surface area contributed by atoms with Gasteiger partial charge in [-0.15, -0.1) is 0 Å². The van der Waals surface area contributed by atoms with Crippen LogP contribution in [0.4, 0.5) is 9.59 Å². The van der Waals surface area contributed by atoms with Gasteiger partial charge in [-0.3, -0.25) is 0 Å². The van der Waals surface area contributed by atoms with Crippen LogP contribution in [0.3, 0.4) is 0 Å². The molecule has 0 fully saturated rings. The summed E-state index contributed by atoms with van der Waals surface area (Å²) in [4.78, 5) is 46.3. The van der Waals surface area contributed by atoms with Gasteiger partial charge in [0.05, 0.1) is 0 Å². The van der Waals surface area contributed by atoms with Crippen molar-refractivity contribution in [3.05, 3.63) is 0 Å². The Hall–Kier alpha value is -1.12.